The number of aryl methyl sites for hydroxylation is 1. The summed E-state index contributed by atoms with van der Waals surface area (Å²) in [4.78, 5) is 0. The molecule has 5 heteroatoms. The molecule has 0 heterocycles. The number of unbranched alkanes of at least 4 members (excludes halogenated alkanes) is 6. The molecule has 0 N–H and O–H groups in total. The van der Waals surface area contributed by atoms with E-state index < -0.39 is 17.6 Å². The molecule has 0 aliphatic carbocycles. The second-order valence-corrected chi connectivity index (χ2v) is 7.46. The van der Waals surface area contributed by atoms with E-state index in [4.69, 9.17) is 14.2 Å². The van der Waals surface area contributed by atoms with Gasteiger partial charge >= 0.3 is 0 Å². The van der Waals surface area contributed by atoms with E-state index >= 15 is 0 Å². The van der Waals surface area contributed by atoms with Gasteiger partial charge in [0.2, 0.25) is 0 Å². The molecule has 0 aliphatic heterocycles. The summed E-state index contributed by atoms with van der Waals surface area (Å²) >= 11 is 0. The predicted molar refractivity (Wildman–Crippen MR) is 109 cm³/mol. The highest BCUT2D eigenvalue weighted by Crippen LogP contribution is 2.33. The van der Waals surface area contributed by atoms with Crippen LogP contribution in [0.1, 0.15) is 76.7 Å². The Labute approximate surface area is 169 Å². The third kappa shape index (κ3) is 8.14. The maximum Gasteiger partial charge on any atom is 0.285 e. The van der Waals surface area contributed by atoms with Gasteiger partial charge in [0.05, 0.1) is 0 Å². The summed E-state index contributed by atoms with van der Waals surface area (Å²) in [5.74, 6) is -2.47. The lowest BCUT2D eigenvalue weighted by Gasteiger charge is -2.36. The van der Waals surface area contributed by atoms with Gasteiger partial charge in [-0.25, -0.2) is 8.78 Å². The zero-order chi connectivity index (χ0) is 20.8. The van der Waals surface area contributed by atoms with Crippen molar-refractivity contribution in [1.29, 1.82) is 0 Å². The SMILES string of the molecule is CCCCCCCCC(CCCCc1ccc(F)c(F)c1)C(OC)(OC)OC. The average molecular weight is 401 g/mol. The van der Waals surface area contributed by atoms with Crippen LogP contribution in [0.5, 0.6) is 0 Å². The van der Waals surface area contributed by atoms with Crippen molar-refractivity contribution in [2.24, 2.45) is 5.92 Å². The van der Waals surface area contributed by atoms with Gasteiger partial charge in [-0.05, 0) is 43.4 Å². The van der Waals surface area contributed by atoms with Gasteiger partial charge in [0.25, 0.3) is 5.97 Å². The Hall–Kier alpha value is -1.04. The van der Waals surface area contributed by atoms with Gasteiger partial charge in [-0.15, -0.1) is 0 Å². The van der Waals surface area contributed by atoms with Crippen molar-refractivity contribution >= 4 is 0 Å². The summed E-state index contributed by atoms with van der Waals surface area (Å²) < 4.78 is 43.2. The molecule has 0 fully saturated rings. The molecule has 3 nitrogen and oxygen atoms in total. The third-order valence-electron chi connectivity index (χ3n) is 5.51. The fourth-order valence-electron chi connectivity index (χ4n) is 3.83. The van der Waals surface area contributed by atoms with Crippen LogP contribution in [0, 0.1) is 17.6 Å². The Morgan fingerprint density at radius 1 is 0.786 bits per heavy atom. The van der Waals surface area contributed by atoms with Gasteiger partial charge in [-0.3, -0.25) is 0 Å². The summed E-state index contributed by atoms with van der Waals surface area (Å²) in [6, 6.07) is 4.13. The Morgan fingerprint density at radius 3 is 1.93 bits per heavy atom. The van der Waals surface area contributed by atoms with Crippen LogP contribution < -0.4 is 0 Å². The fraction of sp³-hybridized carbons (Fsp3) is 0.739. The first kappa shape index (κ1) is 25.0. The first-order chi connectivity index (χ1) is 13.5. The van der Waals surface area contributed by atoms with Gasteiger partial charge in [0.15, 0.2) is 11.6 Å². The van der Waals surface area contributed by atoms with Crippen molar-refractivity contribution < 1.29 is 23.0 Å². The zero-order valence-corrected chi connectivity index (χ0v) is 18.1. The molecule has 0 radical (unpaired) electrons. The standard InChI is InChI=1S/C23H38F2O3/c1-5-6-7-8-9-10-14-20(23(26-2,27-3)28-4)15-12-11-13-19-16-17-21(24)22(25)18-19/h16-18,20H,5-15H2,1-4H3. The molecule has 1 unspecified atom stereocenters. The van der Waals surface area contributed by atoms with Crippen LogP contribution in [0.2, 0.25) is 0 Å². The van der Waals surface area contributed by atoms with Crippen LogP contribution in [0.25, 0.3) is 0 Å². The second kappa shape index (κ2) is 14.0. The average Bonchev–Trinajstić information content (AvgIpc) is 2.71. The van der Waals surface area contributed by atoms with Crippen molar-refractivity contribution in [1.82, 2.24) is 0 Å². The van der Waals surface area contributed by atoms with Crippen LogP contribution in [-0.2, 0) is 20.6 Å². The van der Waals surface area contributed by atoms with Crippen LogP contribution in [0.4, 0.5) is 8.78 Å². The van der Waals surface area contributed by atoms with E-state index in [1.165, 1.54) is 44.2 Å². The molecule has 0 saturated heterocycles. The lowest BCUT2D eigenvalue weighted by molar-refractivity contribution is -0.380. The lowest BCUT2D eigenvalue weighted by Crippen LogP contribution is -2.44. The molecule has 1 atom stereocenters. The van der Waals surface area contributed by atoms with Gasteiger partial charge in [-0.2, -0.15) is 0 Å². The summed E-state index contributed by atoms with van der Waals surface area (Å²) in [6.07, 6.45) is 11.9. The Morgan fingerprint density at radius 2 is 1.36 bits per heavy atom. The topological polar surface area (TPSA) is 27.7 Å². The number of rotatable bonds is 16. The molecule has 0 spiro atoms. The van der Waals surface area contributed by atoms with Crippen molar-refractivity contribution in [3.8, 4) is 0 Å². The van der Waals surface area contributed by atoms with Crippen molar-refractivity contribution in [2.45, 2.75) is 83.5 Å². The highest BCUT2D eigenvalue weighted by molar-refractivity contribution is 5.17. The minimum atomic E-state index is -1.02. The summed E-state index contributed by atoms with van der Waals surface area (Å²) in [5.41, 5.74) is 0.822. The van der Waals surface area contributed by atoms with Crippen molar-refractivity contribution in [2.75, 3.05) is 21.3 Å². The molecule has 28 heavy (non-hydrogen) atoms. The van der Waals surface area contributed by atoms with E-state index in [1.807, 2.05) is 0 Å². The van der Waals surface area contributed by atoms with Crippen LogP contribution in [-0.4, -0.2) is 27.3 Å². The third-order valence-corrected chi connectivity index (χ3v) is 5.51. The molecule has 1 rings (SSSR count). The molecule has 1 aromatic carbocycles. The van der Waals surface area contributed by atoms with Gasteiger partial charge in [0.1, 0.15) is 0 Å². The summed E-state index contributed by atoms with van der Waals surface area (Å²) in [7, 11) is 4.84. The second-order valence-electron chi connectivity index (χ2n) is 7.46. The van der Waals surface area contributed by atoms with E-state index in [0.29, 0.717) is 0 Å². The zero-order valence-electron chi connectivity index (χ0n) is 18.1. The number of hydrogen-bond donors (Lipinski definition) is 0. The number of benzene rings is 1. The van der Waals surface area contributed by atoms with E-state index in [0.717, 1.165) is 44.1 Å². The van der Waals surface area contributed by atoms with Gasteiger partial charge in [-0.1, -0.05) is 57.9 Å². The first-order valence-corrected chi connectivity index (χ1v) is 10.6. The molecule has 0 saturated carbocycles. The monoisotopic (exact) mass is 400 g/mol. The largest absolute Gasteiger partial charge is 0.331 e. The lowest BCUT2D eigenvalue weighted by atomic mass is 9.91. The molecule has 1 aromatic rings. The van der Waals surface area contributed by atoms with Crippen molar-refractivity contribution in [3.05, 3.63) is 35.4 Å². The first-order valence-electron chi connectivity index (χ1n) is 10.6. The molecule has 0 bridgehead atoms. The predicted octanol–water partition coefficient (Wildman–Crippen LogP) is 6.64. The summed E-state index contributed by atoms with van der Waals surface area (Å²) in [6.45, 7) is 2.22. The Kier molecular flexibility index (Phi) is 12.5. The smallest absolute Gasteiger partial charge is 0.285 e. The molecule has 0 amide bonds. The molecule has 0 aliphatic rings. The molecule has 162 valence electrons. The van der Waals surface area contributed by atoms with E-state index in [1.54, 1.807) is 27.4 Å². The Bertz CT molecular complexity index is 524. The van der Waals surface area contributed by atoms with Crippen LogP contribution in [0.3, 0.4) is 0 Å². The summed E-state index contributed by atoms with van der Waals surface area (Å²) in [5, 5.41) is 0. The normalized spacial score (nSPS) is 13.1. The van der Waals surface area contributed by atoms with Gasteiger partial charge in [0, 0.05) is 27.2 Å². The van der Waals surface area contributed by atoms with E-state index in [2.05, 4.69) is 6.92 Å². The minimum absolute atomic E-state index is 0.128. The quantitative estimate of drug-likeness (QED) is 0.230. The fourth-order valence-corrected chi connectivity index (χ4v) is 3.83. The van der Waals surface area contributed by atoms with Gasteiger partial charge < -0.3 is 14.2 Å². The van der Waals surface area contributed by atoms with Crippen molar-refractivity contribution in [3.63, 3.8) is 0 Å². The molecular formula is C23H38F2O3. The maximum absolute atomic E-state index is 13.3. The van der Waals surface area contributed by atoms with Crippen LogP contribution >= 0.6 is 0 Å². The highest BCUT2D eigenvalue weighted by atomic mass is 19.2. The number of methoxy groups -OCH3 is 3. The minimum Gasteiger partial charge on any atom is -0.331 e. The number of halogens is 2. The molecular weight excluding hydrogens is 362 g/mol. The number of ether oxygens (including phenoxy) is 3. The van der Waals surface area contributed by atoms with Crippen LogP contribution in [0.15, 0.2) is 18.2 Å². The number of hydrogen-bond acceptors (Lipinski definition) is 3. The molecule has 0 aromatic heterocycles. The van der Waals surface area contributed by atoms with E-state index in [9.17, 15) is 8.78 Å². The maximum atomic E-state index is 13.3. The highest BCUT2D eigenvalue weighted by Gasteiger charge is 2.39. The van der Waals surface area contributed by atoms with E-state index in [-0.39, 0.29) is 5.92 Å². The Balaban J connectivity index is 2.52.